The average Bonchev–Trinajstić information content (AvgIpc) is 1.94. The Balaban J connectivity index is 3.13. The van der Waals surface area contributed by atoms with Crippen molar-refractivity contribution in [3.8, 4) is 0 Å². The molecule has 1 atom stereocenters. The quantitative estimate of drug-likeness (QED) is 0.662. The molecule has 1 aromatic heterocycles. The molecule has 1 rings (SSSR count). The highest BCUT2D eigenvalue weighted by Gasteiger charge is 2.03. The van der Waals surface area contributed by atoms with Crippen molar-refractivity contribution < 1.29 is 0 Å². The van der Waals surface area contributed by atoms with E-state index in [9.17, 15) is 0 Å². The lowest BCUT2D eigenvalue weighted by Gasteiger charge is -2.08. The van der Waals surface area contributed by atoms with Crippen molar-refractivity contribution in [2.75, 3.05) is 0 Å². The zero-order chi connectivity index (χ0) is 8.43. The van der Waals surface area contributed by atoms with Crippen LogP contribution in [-0.4, -0.2) is 4.98 Å². The van der Waals surface area contributed by atoms with Gasteiger partial charge in [-0.25, -0.2) is 0 Å². The Morgan fingerprint density at radius 1 is 1.36 bits per heavy atom. The number of aryl methyl sites for hydroxylation is 2. The summed E-state index contributed by atoms with van der Waals surface area (Å²) in [6.45, 7) is 5.96. The van der Waals surface area contributed by atoms with E-state index in [0.717, 1.165) is 11.4 Å². The van der Waals surface area contributed by atoms with E-state index in [4.69, 9.17) is 5.73 Å². The Morgan fingerprint density at radius 2 is 2.00 bits per heavy atom. The van der Waals surface area contributed by atoms with E-state index < -0.39 is 0 Å². The van der Waals surface area contributed by atoms with Gasteiger partial charge >= 0.3 is 0 Å². The monoisotopic (exact) mass is 150 g/mol. The number of nitrogens with zero attached hydrogens (tertiary/aromatic N) is 1. The van der Waals surface area contributed by atoms with Gasteiger partial charge in [0, 0.05) is 11.7 Å². The van der Waals surface area contributed by atoms with Crippen molar-refractivity contribution in [1.82, 2.24) is 4.98 Å². The van der Waals surface area contributed by atoms with Gasteiger partial charge in [-0.15, -0.1) is 0 Å². The molecule has 60 valence electrons. The van der Waals surface area contributed by atoms with E-state index in [1.165, 1.54) is 5.56 Å². The van der Waals surface area contributed by atoms with E-state index in [0.29, 0.717) is 0 Å². The second-order valence-corrected chi connectivity index (χ2v) is 2.94. The molecule has 1 aromatic rings. The molecule has 0 amide bonds. The Morgan fingerprint density at radius 3 is 2.45 bits per heavy atom. The van der Waals surface area contributed by atoms with Crippen LogP contribution in [0.4, 0.5) is 0 Å². The Bertz CT molecular complexity index is 254. The molecular formula is C9H14N2. The minimum atomic E-state index is 0.0369. The molecule has 2 nitrogen and oxygen atoms in total. The summed E-state index contributed by atoms with van der Waals surface area (Å²) in [5, 5.41) is 0. The summed E-state index contributed by atoms with van der Waals surface area (Å²) in [7, 11) is 0. The predicted octanol–water partition coefficient (Wildman–Crippen LogP) is 1.72. The van der Waals surface area contributed by atoms with Gasteiger partial charge in [-0.1, -0.05) is 6.07 Å². The first-order chi connectivity index (χ1) is 5.11. The third kappa shape index (κ3) is 1.77. The van der Waals surface area contributed by atoms with Crippen LogP contribution in [0.15, 0.2) is 12.1 Å². The first-order valence-electron chi connectivity index (χ1n) is 3.81. The lowest BCUT2D eigenvalue weighted by Crippen LogP contribution is -2.09. The molecule has 0 aliphatic heterocycles. The molecule has 0 aliphatic carbocycles. The molecule has 0 saturated carbocycles. The van der Waals surface area contributed by atoms with Crippen LogP contribution in [0.25, 0.3) is 0 Å². The normalized spacial score (nSPS) is 13.1. The summed E-state index contributed by atoms with van der Waals surface area (Å²) in [5.74, 6) is 0. The van der Waals surface area contributed by atoms with Crippen LogP contribution in [0.1, 0.15) is 29.9 Å². The van der Waals surface area contributed by atoms with Crippen molar-refractivity contribution in [3.63, 3.8) is 0 Å². The highest BCUT2D eigenvalue weighted by atomic mass is 14.8. The average molecular weight is 150 g/mol. The van der Waals surface area contributed by atoms with Crippen LogP contribution in [-0.2, 0) is 0 Å². The molecule has 0 saturated heterocycles. The summed E-state index contributed by atoms with van der Waals surface area (Å²) in [6, 6.07) is 4.09. The standard InChI is InChI=1S/C9H14N2/c1-6-4-5-7(2)11-9(6)8(3)10/h4-5,8H,10H2,1-3H3. The van der Waals surface area contributed by atoms with E-state index in [1.54, 1.807) is 0 Å². The fourth-order valence-electron chi connectivity index (χ4n) is 1.11. The number of pyridine rings is 1. The maximum Gasteiger partial charge on any atom is 0.0600 e. The number of hydrogen-bond acceptors (Lipinski definition) is 2. The number of nitrogens with two attached hydrogens (primary N) is 1. The van der Waals surface area contributed by atoms with Crippen LogP contribution in [0.5, 0.6) is 0 Å². The largest absolute Gasteiger partial charge is 0.323 e. The van der Waals surface area contributed by atoms with Gasteiger partial charge in [-0.05, 0) is 32.4 Å². The van der Waals surface area contributed by atoms with E-state index >= 15 is 0 Å². The molecule has 2 heteroatoms. The van der Waals surface area contributed by atoms with Crippen molar-refractivity contribution in [2.24, 2.45) is 5.73 Å². The fraction of sp³-hybridized carbons (Fsp3) is 0.444. The summed E-state index contributed by atoms with van der Waals surface area (Å²) in [4.78, 5) is 4.35. The van der Waals surface area contributed by atoms with Crippen LogP contribution in [0.2, 0.25) is 0 Å². The number of aromatic nitrogens is 1. The Hall–Kier alpha value is -0.890. The number of rotatable bonds is 1. The van der Waals surface area contributed by atoms with Crippen LogP contribution in [0, 0.1) is 13.8 Å². The van der Waals surface area contributed by atoms with E-state index in [2.05, 4.69) is 11.1 Å². The SMILES string of the molecule is Cc1ccc(C)c(C(C)N)n1. The fourth-order valence-corrected chi connectivity index (χ4v) is 1.11. The molecular weight excluding hydrogens is 136 g/mol. The van der Waals surface area contributed by atoms with Crippen molar-refractivity contribution >= 4 is 0 Å². The first-order valence-corrected chi connectivity index (χ1v) is 3.81. The molecule has 2 N–H and O–H groups in total. The molecule has 0 aromatic carbocycles. The predicted molar refractivity (Wildman–Crippen MR) is 46.3 cm³/mol. The summed E-state index contributed by atoms with van der Waals surface area (Å²) in [5.41, 5.74) is 8.93. The van der Waals surface area contributed by atoms with Gasteiger partial charge in [0.25, 0.3) is 0 Å². The summed E-state index contributed by atoms with van der Waals surface area (Å²) < 4.78 is 0. The molecule has 1 heterocycles. The second kappa shape index (κ2) is 3.01. The molecule has 0 bridgehead atoms. The lowest BCUT2D eigenvalue weighted by atomic mass is 10.1. The number of hydrogen-bond donors (Lipinski definition) is 1. The zero-order valence-electron chi connectivity index (χ0n) is 7.26. The second-order valence-electron chi connectivity index (χ2n) is 2.94. The van der Waals surface area contributed by atoms with Gasteiger partial charge in [0.15, 0.2) is 0 Å². The smallest absolute Gasteiger partial charge is 0.0600 e. The van der Waals surface area contributed by atoms with Gasteiger partial charge in [0.2, 0.25) is 0 Å². The molecule has 0 fully saturated rings. The van der Waals surface area contributed by atoms with Gasteiger partial charge in [0.05, 0.1) is 5.69 Å². The molecule has 1 unspecified atom stereocenters. The van der Waals surface area contributed by atoms with E-state index in [-0.39, 0.29) is 6.04 Å². The third-order valence-corrected chi connectivity index (χ3v) is 1.71. The maximum absolute atomic E-state index is 5.72. The minimum Gasteiger partial charge on any atom is -0.323 e. The van der Waals surface area contributed by atoms with Gasteiger partial charge in [-0.3, -0.25) is 4.98 Å². The molecule has 0 radical (unpaired) electrons. The first kappa shape index (κ1) is 8.21. The minimum absolute atomic E-state index is 0.0369. The summed E-state index contributed by atoms with van der Waals surface area (Å²) in [6.07, 6.45) is 0. The Kier molecular flexibility index (Phi) is 2.25. The van der Waals surface area contributed by atoms with Gasteiger partial charge in [-0.2, -0.15) is 0 Å². The molecule has 11 heavy (non-hydrogen) atoms. The topological polar surface area (TPSA) is 38.9 Å². The molecule has 0 spiro atoms. The summed E-state index contributed by atoms with van der Waals surface area (Å²) >= 11 is 0. The van der Waals surface area contributed by atoms with Gasteiger partial charge in [0.1, 0.15) is 0 Å². The van der Waals surface area contributed by atoms with Crippen molar-refractivity contribution in [2.45, 2.75) is 26.8 Å². The van der Waals surface area contributed by atoms with Crippen LogP contribution in [0.3, 0.4) is 0 Å². The third-order valence-electron chi connectivity index (χ3n) is 1.71. The van der Waals surface area contributed by atoms with Crippen LogP contribution < -0.4 is 5.73 Å². The van der Waals surface area contributed by atoms with E-state index in [1.807, 2.05) is 26.8 Å². The zero-order valence-corrected chi connectivity index (χ0v) is 7.26. The highest BCUT2D eigenvalue weighted by Crippen LogP contribution is 2.12. The Labute approximate surface area is 67.5 Å². The lowest BCUT2D eigenvalue weighted by molar-refractivity contribution is 0.766. The molecule has 0 aliphatic rings. The maximum atomic E-state index is 5.72. The highest BCUT2D eigenvalue weighted by molar-refractivity contribution is 5.23. The van der Waals surface area contributed by atoms with Crippen molar-refractivity contribution in [1.29, 1.82) is 0 Å². The van der Waals surface area contributed by atoms with Crippen molar-refractivity contribution in [3.05, 3.63) is 29.1 Å². The van der Waals surface area contributed by atoms with Crippen LogP contribution >= 0.6 is 0 Å². The van der Waals surface area contributed by atoms with Gasteiger partial charge < -0.3 is 5.73 Å².